The van der Waals surface area contributed by atoms with Gasteiger partial charge in [-0.3, -0.25) is 4.79 Å². The maximum atomic E-state index is 12.2. The first-order valence-corrected chi connectivity index (χ1v) is 9.17. The number of carbonyl (C=O) groups is 1. The standard InChI is InChI=1S/C20H32O2/c1-12(2)15-8-9-19(5)11-20(22)14(4)18(21)10-17(20)13(3)6-7-16(15)19/h10,12-16,22H,6-9,11H2,1-5H3/t13-,14+,15+,16+,19+,20+/m0/s1. The molecular formula is C20H32O2. The van der Waals surface area contributed by atoms with Crippen LogP contribution in [0, 0.1) is 35.0 Å². The lowest BCUT2D eigenvalue weighted by Gasteiger charge is -2.46. The summed E-state index contributed by atoms with van der Waals surface area (Å²) < 4.78 is 0. The monoisotopic (exact) mass is 304 g/mol. The van der Waals surface area contributed by atoms with Crippen LogP contribution in [0.3, 0.4) is 0 Å². The Balaban J connectivity index is 1.99. The lowest BCUT2D eigenvalue weighted by atomic mass is 9.61. The minimum Gasteiger partial charge on any atom is -0.385 e. The summed E-state index contributed by atoms with van der Waals surface area (Å²) in [4.78, 5) is 12.2. The molecule has 0 bridgehead atoms. The molecule has 0 aromatic rings. The average Bonchev–Trinajstić information content (AvgIpc) is 2.85. The molecule has 2 saturated carbocycles. The fourth-order valence-corrected chi connectivity index (χ4v) is 5.89. The first kappa shape index (κ1) is 16.2. The predicted molar refractivity (Wildman–Crippen MR) is 89.4 cm³/mol. The van der Waals surface area contributed by atoms with Gasteiger partial charge in [-0.25, -0.2) is 0 Å². The Kier molecular flexibility index (Phi) is 3.83. The van der Waals surface area contributed by atoms with Gasteiger partial charge in [0, 0.05) is 0 Å². The minimum absolute atomic E-state index is 0.129. The quantitative estimate of drug-likeness (QED) is 0.781. The largest absolute Gasteiger partial charge is 0.385 e. The molecule has 0 aliphatic heterocycles. The molecule has 1 N–H and O–H groups in total. The number of hydrogen-bond donors (Lipinski definition) is 1. The Morgan fingerprint density at radius 1 is 1.23 bits per heavy atom. The predicted octanol–water partition coefficient (Wildman–Crippen LogP) is 4.37. The lowest BCUT2D eigenvalue weighted by molar-refractivity contribution is -0.124. The number of allylic oxidation sites excluding steroid dienone is 1. The van der Waals surface area contributed by atoms with E-state index in [0.29, 0.717) is 17.8 Å². The van der Waals surface area contributed by atoms with Crippen LogP contribution < -0.4 is 0 Å². The summed E-state index contributed by atoms with van der Waals surface area (Å²) in [6.45, 7) is 11.2. The summed E-state index contributed by atoms with van der Waals surface area (Å²) in [6.07, 6.45) is 7.38. The van der Waals surface area contributed by atoms with Crippen molar-refractivity contribution in [2.45, 2.75) is 72.3 Å². The van der Waals surface area contributed by atoms with Gasteiger partial charge >= 0.3 is 0 Å². The highest BCUT2D eigenvalue weighted by molar-refractivity contribution is 5.97. The minimum atomic E-state index is -0.893. The zero-order valence-electron chi connectivity index (χ0n) is 14.9. The number of aliphatic hydroxyl groups is 1. The number of carbonyl (C=O) groups excluding carboxylic acids is 1. The summed E-state index contributed by atoms with van der Waals surface area (Å²) in [5.41, 5.74) is 0.315. The molecule has 0 amide bonds. The van der Waals surface area contributed by atoms with E-state index < -0.39 is 5.60 Å². The smallest absolute Gasteiger partial charge is 0.161 e. The van der Waals surface area contributed by atoms with Crippen LogP contribution in [0.15, 0.2) is 11.6 Å². The Morgan fingerprint density at radius 2 is 1.91 bits per heavy atom. The summed E-state index contributed by atoms with van der Waals surface area (Å²) in [5, 5.41) is 11.5. The first-order valence-electron chi connectivity index (χ1n) is 9.17. The molecule has 6 atom stereocenters. The molecule has 124 valence electrons. The normalized spacial score (nSPS) is 48.7. The molecule has 2 heteroatoms. The van der Waals surface area contributed by atoms with Crippen molar-refractivity contribution in [2.24, 2.45) is 35.0 Å². The molecule has 2 nitrogen and oxygen atoms in total. The van der Waals surface area contributed by atoms with Crippen molar-refractivity contribution in [2.75, 3.05) is 0 Å². The van der Waals surface area contributed by atoms with E-state index in [4.69, 9.17) is 0 Å². The van der Waals surface area contributed by atoms with Gasteiger partial charge in [0.15, 0.2) is 5.78 Å². The van der Waals surface area contributed by atoms with Gasteiger partial charge in [-0.1, -0.05) is 34.6 Å². The summed E-state index contributed by atoms with van der Waals surface area (Å²) in [6, 6.07) is 0. The van der Waals surface area contributed by atoms with Crippen LogP contribution >= 0.6 is 0 Å². The molecule has 0 radical (unpaired) electrons. The fraction of sp³-hybridized carbons (Fsp3) is 0.850. The summed E-state index contributed by atoms with van der Waals surface area (Å²) in [7, 11) is 0. The average molecular weight is 304 g/mol. The van der Waals surface area contributed by atoms with Crippen LogP contribution in [-0.4, -0.2) is 16.5 Å². The van der Waals surface area contributed by atoms with Crippen LogP contribution in [0.5, 0.6) is 0 Å². The maximum Gasteiger partial charge on any atom is 0.161 e. The van der Waals surface area contributed by atoms with E-state index in [1.165, 1.54) is 19.3 Å². The van der Waals surface area contributed by atoms with Crippen molar-refractivity contribution >= 4 is 5.78 Å². The summed E-state index contributed by atoms with van der Waals surface area (Å²) >= 11 is 0. The molecular weight excluding hydrogens is 272 g/mol. The van der Waals surface area contributed by atoms with Crippen molar-refractivity contribution in [3.63, 3.8) is 0 Å². The van der Waals surface area contributed by atoms with Gasteiger partial charge in [-0.05, 0) is 72.8 Å². The van der Waals surface area contributed by atoms with Gasteiger partial charge in [0.25, 0.3) is 0 Å². The van der Waals surface area contributed by atoms with E-state index in [2.05, 4.69) is 27.7 Å². The SMILES string of the molecule is CC(C)[C@H]1CC[C@]2(C)C[C@]3(O)C(=CC(=O)[C@H]3C)[C@@H](C)CC[C@H]12. The number of hydrogen-bond acceptors (Lipinski definition) is 2. The zero-order chi connectivity index (χ0) is 16.3. The van der Waals surface area contributed by atoms with Crippen LogP contribution in [0.1, 0.15) is 66.7 Å². The molecule has 3 aliphatic rings. The third kappa shape index (κ3) is 2.21. The van der Waals surface area contributed by atoms with Crippen LogP contribution in [0.4, 0.5) is 0 Å². The van der Waals surface area contributed by atoms with Gasteiger partial charge in [0.2, 0.25) is 0 Å². The Morgan fingerprint density at radius 3 is 2.55 bits per heavy atom. The first-order chi connectivity index (χ1) is 10.2. The van der Waals surface area contributed by atoms with Gasteiger partial charge in [0.05, 0.1) is 11.5 Å². The maximum absolute atomic E-state index is 12.2. The van der Waals surface area contributed by atoms with Crippen molar-refractivity contribution < 1.29 is 9.90 Å². The van der Waals surface area contributed by atoms with E-state index in [1.54, 1.807) is 6.08 Å². The van der Waals surface area contributed by atoms with E-state index in [0.717, 1.165) is 24.3 Å². The highest BCUT2D eigenvalue weighted by Crippen LogP contribution is 2.59. The molecule has 3 rings (SSSR count). The molecule has 0 aromatic carbocycles. The molecule has 0 heterocycles. The van der Waals surface area contributed by atoms with Crippen LogP contribution in [0.25, 0.3) is 0 Å². The van der Waals surface area contributed by atoms with E-state index >= 15 is 0 Å². The topological polar surface area (TPSA) is 37.3 Å². The molecule has 0 spiro atoms. The highest BCUT2D eigenvalue weighted by atomic mass is 16.3. The summed E-state index contributed by atoms with van der Waals surface area (Å²) in [5.74, 6) is 2.39. The number of fused-ring (bicyclic) bond motifs is 2. The van der Waals surface area contributed by atoms with Gasteiger partial charge in [0.1, 0.15) is 0 Å². The zero-order valence-corrected chi connectivity index (χ0v) is 14.9. The number of rotatable bonds is 1. The van der Waals surface area contributed by atoms with Crippen molar-refractivity contribution in [1.29, 1.82) is 0 Å². The molecule has 2 fully saturated rings. The van der Waals surface area contributed by atoms with E-state index in [-0.39, 0.29) is 17.1 Å². The second-order valence-corrected chi connectivity index (χ2v) is 9.01. The van der Waals surface area contributed by atoms with Crippen molar-refractivity contribution in [3.8, 4) is 0 Å². The molecule has 3 aliphatic carbocycles. The van der Waals surface area contributed by atoms with Gasteiger partial charge in [-0.15, -0.1) is 0 Å². The molecule has 0 aromatic heterocycles. The van der Waals surface area contributed by atoms with E-state index in [1.807, 2.05) is 6.92 Å². The Labute approximate surface area is 135 Å². The Hall–Kier alpha value is -0.630. The highest BCUT2D eigenvalue weighted by Gasteiger charge is 2.56. The number of ketones is 1. The second-order valence-electron chi connectivity index (χ2n) is 9.01. The van der Waals surface area contributed by atoms with Crippen molar-refractivity contribution in [1.82, 2.24) is 0 Å². The lowest BCUT2D eigenvalue weighted by Crippen LogP contribution is -2.46. The van der Waals surface area contributed by atoms with E-state index in [9.17, 15) is 9.90 Å². The van der Waals surface area contributed by atoms with Crippen LogP contribution in [0.2, 0.25) is 0 Å². The fourth-order valence-electron chi connectivity index (χ4n) is 5.89. The Bertz CT molecular complexity index is 506. The third-order valence-corrected chi connectivity index (χ3v) is 7.37. The molecule has 0 unspecified atom stereocenters. The van der Waals surface area contributed by atoms with Gasteiger partial charge in [-0.2, -0.15) is 0 Å². The van der Waals surface area contributed by atoms with Crippen LogP contribution in [-0.2, 0) is 4.79 Å². The molecule has 22 heavy (non-hydrogen) atoms. The van der Waals surface area contributed by atoms with Crippen molar-refractivity contribution in [3.05, 3.63) is 11.6 Å². The third-order valence-electron chi connectivity index (χ3n) is 7.37. The van der Waals surface area contributed by atoms with Gasteiger partial charge < -0.3 is 5.11 Å². The molecule has 0 saturated heterocycles. The second kappa shape index (κ2) is 5.19.